The summed E-state index contributed by atoms with van der Waals surface area (Å²) >= 11 is 5.87. The monoisotopic (exact) mass is 268 g/mol. The molecule has 1 aromatic rings. The number of hydrogen-bond donors (Lipinski definition) is 1. The summed E-state index contributed by atoms with van der Waals surface area (Å²) in [5, 5.41) is 0.801. The molecule has 0 fully saturated rings. The quantitative estimate of drug-likeness (QED) is 0.824. The summed E-state index contributed by atoms with van der Waals surface area (Å²) in [6.07, 6.45) is 1.06. The topological polar surface area (TPSA) is 29.3 Å². The molecule has 2 N–H and O–H groups in total. The zero-order valence-electron chi connectivity index (χ0n) is 11.7. The van der Waals surface area contributed by atoms with Crippen molar-refractivity contribution in [2.24, 2.45) is 17.6 Å². The Kier molecular flexibility index (Phi) is 6.69. The zero-order valence-corrected chi connectivity index (χ0v) is 12.5. The molecule has 1 aromatic carbocycles. The van der Waals surface area contributed by atoms with E-state index in [-0.39, 0.29) is 0 Å². The van der Waals surface area contributed by atoms with Gasteiger partial charge in [-0.25, -0.2) is 0 Å². The highest BCUT2D eigenvalue weighted by molar-refractivity contribution is 6.30. The van der Waals surface area contributed by atoms with E-state index in [9.17, 15) is 0 Å². The van der Waals surface area contributed by atoms with E-state index in [2.05, 4.69) is 37.9 Å². The molecule has 0 radical (unpaired) electrons. The summed E-state index contributed by atoms with van der Waals surface area (Å²) in [6.45, 7) is 7.38. The van der Waals surface area contributed by atoms with Crippen LogP contribution in [0.4, 0.5) is 0 Å². The third-order valence-corrected chi connectivity index (χ3v) is 3.74. The molecule has 18 heavy (non-hydrogen) atoms. The van der Waals surface area contributed by atoms with E-state index < -0.39 is 0 Å². The first kappa shape index (κ1) is 15.5. The van der Waals surface area contributed by atoms with Gasteiger partial charge < -0.3 is 10.6 Å². The Balaban J connectivity index is 2.36. The Morgan fingerprint density at radius 3 is 2.33 bits per heavy atom. The number of likely N-dealkylation sites (N-methyl/N-ethyl adjacent to an activating group) is 1. The van der Waals surface area contributed by atoms with Crippen LogP contribution in [0.1, 0.15) is 19.4 Å². The van der Waals surface area contributed by atoms with Crippen LogP contribution in [0.15, 0.2) is 24.3 Å². The van der Waals surface area contributed by atoms with Crippen molar-refractivity contribution in [3.05, 3.63) is 34.9 Å². The number of hydrogen-bond acceptors (Lipinski definition) is 2. The zero-order chi connectivity index (χ0) is 13.5. The fourth-order valence-electron chi connectivity index (χ4n) is 2.02. The lowest BCUT2D eigenvalue weighted by Crippen LogP contribution is -2.34. The van der Waals surface area contributed by atoms with Crippen LogP contribution in [0.3, 0.4) is 0 Å². The smallest absolute Gasteiger partial charge is 0.0406 e. The highest BCUT2D eigenvalue weighted by atomic mass is 35.5. The van der Waals surface area contributed by atoms with Crippen molar-refractivity contribution in [3.63, 3.8) is 0 Å². The SMILES string of the molecule is CC(C)C(CN)CN(C)CCc1ccc(Cl)cc1. The summed E-state index contributed by atoms with van der Waals surface area (Å²) in [6, 6.07) is 8.10. The van der Waals surface area contributed by atoms with Gasteiger partial charge in [-0.15, -0.1) is 0 Å². The van der Waals surface area contributed by atoms with Crippen LogP contribution in [0.2, 0.25) is 5.02 Å². The lowest BCUT2D eigenvalue weighted by molar-refractivity contribution is 0.242. The number of benzene rings is 1. The minimum absolute atomic E-state index is 0.584. The van der Waals surface area contributed by atoms with Gasteiger partial charge in [-0.3, -0.25) is 0 Å². The van der Waals surface area contributed by atoms with Gasteiger partial charge in [0.2, 0.25) is 0 Å². The summed E-state index contributed by atoms with van der Waals surface area (Å²) in [4.78, 5) is 2.37. The molecule has 3 heteroatoms. The molecular weight excluding hydrogens is 244 g/mol. The Morgan fingerprint density at radius 1 is 1.22 bits per heavy atom. The summed E-state index contributed by atoms with van der Waals surface area (Å²) < 4.78 is 0. The molecule has 1 rings (SSSR count). The summed E-state index contributed by atoms with van der Waals surface area (Å²) in [5.74, 6) is 1.23. The maximum atomic E-state index is 5.87. The highest BCUT2D eigenvalue weighted by Gasteiger charge is 2.13. The van der Waals surface area contributed by atoms with Gasteiger partial charge in [-0.05, 0) is 49.5 Å². The Bertz CT molecular complexity index is 335. The molecule has 2 nitrogen and oxygen atoms in total. The normalized spacial score (nSPS) is 13.3. The van der Waals surface area contributed by atoms with Gasteiger partial charge in [0, 0.05) is 18.1 Å². The number of nitrogens with two attached hydrogens (primary N) is 1. The maximum Gasteiger partial charge on any atom is 0.0406 e. The van der Waals surface area contributed by atoms with Crippen molar-refractivity contribution in [3.8, 4) is 0 Å². The molecule has 0 aliphatic heterocycles. The summed E-state index contributed by atoms with van der Waals surface area (Å²) in [7, 11) is 2.17. The van der Waals surface area contributed by atoms with Crippen molar-refractivity contribution in [1.82, 2.24) is 4.90 Å². The number of nitrogens with zero attached hydrogens (tertiary/aromatic N) is 1. The second kappa shape index (κ2) is 7.78. The van der Waals surface area contributed by atoms with Crippen LogP contribution >= 0.6 is 11.6 Å². The lowest BCUT2D eigenvalue weighted by Gasteiger charge is -2.25. The summed E-state index contributed by atoms with van der Waals surface area (Å²) in [5.41, 5.74) is 7.14. The van der Waals surface area contributed by atoms with Gasteiger partial charge in [0.05, 0.1) is 0 Å². The van der Waals surface area contributed by atoms with Gasteiger partial charge >= 0.3 is 0 Å². The molecule has 0 aromatic heterocycles. The van der Waals surface area contributed by atoms with Crippen molar-refractivity contribution < 1.29 is 0 Å². The standard InChI is InChI=1S/C15H25ClN2/c1-12(2)14(10-17)11-18(3)9-8-13-4-6-15(16)7-5-13/h4-7,12,14H,8-11,17H2,1-3H3. The van der Waals surface area contributed by atoms with Crippen LogP contribution in [0.5, 0.6) is 0 Å². The molecule has 0 spiro atoms. The fraction of sp³-hybridized carbons (Fsp3) is 0.600. The van der Waals surface area contributed by atoms with E-state index >= 15 is 0 Å². The maximum absolute atomic E-state index is 5.87. The van der Waals surface area contributed by atoms with E-state index in [1.54, 1.807) is 0 Å². The van der Waals surface area contributed by atoms with E-state index in [1.165, 1.54) is 5.56 Å². The second-order valence-electron chi connectivity index (χ2n) is 5.38. The molecule has 0 saturated carbocycles. The molecule has 0 amide bonds. The molecule has 102 valence electrons. The third-order valence-electron chi connectivity index (χ3n) is 3.49. The van der Waals surface area contributed by atoms with E-state index in [1.807, 2.05) is 12.1 Å². The highest BCUT2D eigenvalue weighted by Crippen LogP contribution is 2.12. The first-order valence-corrected chi connectivity index (χ1v) is 7.03. The average molecular weight is 269 g/mol. The minimum atomic E-state index is 0.584. The van der Waals surface area contributed by atoms with Crippen molar-refractivity contribution >= 4 is 11.6 Å². The molecule has 0 bridgehead atoms. The van der Waals surface area contributed by atoms with E-state index in [4.69, 9.17) is 17.3 Å². The predicted molar refractivity (Wildman–Crippen MR) is 80.0 cm³/mol. The second-order valence-corrected chi connectivity index (χ2v) is 5.81. The van der Waals surface area contributed by atoms with Gasteiger partial charge in [0.25, 0.3) is 0 Å². The van der Waals surface area contributed by atoms with Crippen molar-refractivity contribution in [1.29, 1.82) is 0 Å². The Morgan fingerprint density at radius 2 is 1.83 bits per heavy atom. The molecule has 1 atom stereocenters. The van der Waals surface area contributed by atoms with Crippen LogP contribution in [-0.2, 0) is 6.42 Å². The van der Waals surface area contributed by atoms with Gasteiger partial charge in [0.1, 0.15) is 0 Å². The van der Waals surface area contributed by atoms with Crippen LogP contribution in [0, 0.1) is 11.8 Å². The average Bonchev–Trinajstić information content (AvgIpc) is 2.35. The first-order chi connectivity index (χ1) is 8.52. The number of halogens is 1. The van der Waals surface area contributed by atoms with Crippen LogP contribution in [-0.4, -0.2) is 31.6 Å². The number of rotatable bonds is 7. The Labute approximate surface area is 116 Å². The molecular formula is C15H25ClN2. The Hall–Kier alpha value is -0.570. The molecule has 0 aliphatic carbocycles. The lowest BCUT2D eigenvalue weighted by atomic mass is 9.95. The van der Waals surface area contributed by atoms with Crippen molar-refractivity contribution in [2.75, 3.05) is 26.7 Å². The van der Waals surface area contributed by atoms with Crippen LogP contribution in [0.25, 0.3) is 0 Å². The largest absolute Gasteiger partial charge is 0.330 e. The third kappa shape index (κ3) is 5.38. The molecule has 1 unspecified atom stereocenters. The predicted octanol–water partition coefficient (Wildman–Crippen LogP) is 3.05. The van der Waals surface area contributed by atoms with Crippen LogP contribution < -0.4 is 5.73 Å². The first-order valence-electron chi connectivity index (χ1n) is 6.66. The van der Waals surface area contributed by atoms with Gasteiger partial charge in [0.15, 0.2) is 0 Å². The van der Waals surface area contributed by atoms with Gasteiger partial charge in [-0.2, -0.15) is 0 Å². The molecule has 0 heterocycles. The van der Waals surface area contributed by atoms with E-state index in [0.29, 0.717) is 11.8 Å². The fourth-order valence-corrected chi connectivity index (χ4v) is 2.15. The molecule has 0 aliphatic rings. The minimum Gasteiger partial charge on any atom is -0.330 e. The van der Waals surface area contributed by atoms with E-state index in [0.717, 1.165) is 31.1 Å². The van der Waals surface area contributed by atoms with Gasteiger partial charge in [-0.1, -0.05) is 37.6 Å². The van der Waals surface area contributed by atoms with Crippen molar-refractivity contribution in [2.45, 2.75) is 20.3 Å². The molecule has 0 saturated heterocycles.